The maximum absolute atomic E-state index is 11.9. The smallest absolute Gasteiger partial charge is 0.444 e. The van der Waals surface area contributed by atoms with E-state index in [4.69, 9.17) is 43.9 Å². The molecular weight excluding hydrogens is 520 g/mol. The Morgan fingerprint density at radius 2 is 1.94 bits per heavy atom. The summed E-state index contributed by atoms with van der Waals surface area (Å²) in [6.45, 7) is 0.309. The van der Waals surface area contributed by atoms with Crippen molar-refractivity contribution in [2.45, 2.75) is 31.3 Å². The predicted octanol–water partition coefficient (Wildman–Crippen LogP) is -0.736. The standard InChI is InChI=1S/C18H23F3N4O6.H3O4P/c19-18(20,21)16(26)23-5-9-29-11-10-28-7-1-8-30-12-13-2-3-15(31-13)25-6-4-14(22)24-17(25)27;1-5(2,3)4/h4,6,13,15H,2-3,5,7,9-12H2,(H,23,26)(H2,22,24,27);(H3,1,2,3,4)/t13-,15+;/m0./s1. The third kappa shape index (κ3) is 14.6. The number of halogens is 3. The van der Waals surface area contributed by atoms with Crippen molar-refractivity contribution >= 4 is 19.5 Å². The Balaban J connectivity index is 0.00000118. The molecule has 18 heteroatoms. The van der Waals surface area contributed by atoms with Gasteiger partial charge in [0.2, 0.25) is 0 Å². The zero-order chi connectivity index (χ0) is 27.2. The number of carbonyl (C=O) groups excluding carboxylic acids is 1. The van der Waals surface area contributed by atoms with Crippen molar-refractivity contribution in [2.75, 3.05) is 45.3 Å². The maximum Gasteiger partial charge on any atom is 0.471 e. The molecule has 1 fully saturated rings. The molecule has 0 saturated carbocycles. The van der Waals surface area contributed by atoms with Gasteiger partial charge in [-0.2, -0.15) is 18.2 Å². The molecule has 1 saturated heterocycles. The summed E-state index contributed by atoms with van der Waals surface area (Å²) >= 11 is 0. The van der Waals surface area contributed by atoms with Crippen molar-refractivity contribution in [3.8, 4) is 12.0 Å². The zero-order valence-corrected chi connectivity index (χ0v) is 19.6. The van der Waals surface area contributed by atoms with Gasteiger partial charge in [-0.25, -0.2) is 9.36 Å². The van der Waals surface area contributed by atoms with Gasteiger partial charge in [-0.1, -0.05) is 0 Å². The average Bonchev–Trinajstić information content (AvgIpc) is 3.21. The second kappa shape index (κ2) is 15.4. The SMILES string of the molecule is Nc1ccn([C@H]2CC[C@@H](COC#CCOCCOCCNC(=O)C(F)(F)F)O2)c(=O)n1.O=P(O)(O)O. The van der Waals surface area contributed by atoms with Crippen LogP contribution >= 0.6 is 7.82 Å². The van der Waals surface area contributed by atoms with Gasteiger partial charge in [0.15, 0.2) is 0 Å². The molecule has 0 bridgehead atoms. The largest absolute Gasteiger partial charge is 0.471 e. The normalized spacial score (nSPS) is 17.4. The van der Waals surface area contributed by atoms with E-state index in [0.29, 0.717) is 12.8 Å². The van der Waals surface area contributed by atoms with E-state index in [-0.39, 0.29) is 51.5 Å². The van der Waals surface area contributed by atoms with Crippen LogP contribution in [-0.2, 0) is 28.3 Å². The van der Waals surface area contributed by atoms with Gasteiger partial charge in [-0.15, -0.1) is 0 Å². The lowest BCUT2D eigenvalue weighted by Gasteiger charge is -2.14. The molecule has 204 valence electrons. The lowest BCUT2D eigenvalue weighted by atomic mass is 10.2. The van der Waals surface area contributed by atoms with Gasteiger partial charge >= 0.3 is 25.6 Å². The number of hydrogen-bond donors (Lipinski definition) is 5. The van der Waals surface area contributed by atoms with Gasteiger partial charge in [0.1, 0.15) is 31.4 Å². The van der Waals surface area contributed by atoms with E-state index in [1.165, 1.54) is 16.8 Å². The third-order valence-corrected chi connectivity index (χ3v) is 4.00. The number of carbonyl (C=O) groups is 1. The van der Waals surface area contributed by atoms with E-state index in [0.717, 1.165) is 0 Å². The average molecular weight is 546 g/mol. The number of hydrogen-bond acceptors (Lipinski definition) is 9. The highest BCUT2D eigenvalue weighted by molar-refractivity contribution is 7.45. The summed E-state index contributed by atoms with van der Waals surface area (Å²) in [5.41, 5.74) is 4.99. The molecule has 2 heterocycles. The van der Waals surface area contributed by atoms with E-state index in [1.807, 2.05) is 0 Å². The van der Waals surface area contributed by atoms with Crippen molar-refractivity contribution in [1.29, 1.82) is 0 Å². The van der Waals surface area contributed by atoms with Crippen LogP contribution in [0.15, 0.2) is 17.1 Å². The van der Waals surface area contributed by atoms with Crippen LogP contribution in [-0.4, -0.2) is 82.0 Å². The van der Waals surface area contributed by atoms with Crippen LogP contribution in [0.5, 0.6) is 0 Å². The first-order valence-corrected chi connectivity index (χ1v) is 11.7. The summed E-state index contributed by atoms with van der Waals surface area (Å²) in [7, 11) is -4.64. The second-order valence-corrected chi connectivity index (χ2v) is 7.88. The Bertz CT molecular complexity index is 984. The Labute approximate surface area is 202 Å². The van der Waals surface area contributed by atoms with Crippen LogP contribution in [0.25, 0.3) is 0 Å². The van der Waals surface area contributed by atoms with Gasteiger partial charge in [0.05, 0.1) is 25.9 Å². The second-order valence-electron chi connectivity index (χ2n) is 6.85. The fourth-order valence-electron chi connectivity index (χ4n) is 2.55. The summed E-state index contributed by atoms with van der Waals surface area (Å²) in [5, 5.41) is 1.68. The predicted molar refractivity (Wildman–Crippen MR) is 115 cm³/mol. The first-order chi connectivity index (χ1) is 16.8. The molecule has 2 rings (SSSR count). The number of amides is 1. The molecule has 0 aliphatic carbocycles. The molecule has 0 spiro atoms. The number of rotatable bonds is 10. The number of aromatic nitrogens is 2. The summed E-state index contributed by atoms with van der Waals surface area (Å²) < 4.78 is 67.2. The third-order valence-electron chi connectivity index (χ3n) is 4.00. The summed E-state index contributed by atoms with van der Waals surface area (Å²) in [6, 6.07) is 1.52. The first-order valence-electron chi connectivity index (χ1n) is 10.2. The summed E-state index contributed by atoms with van der Waals surface area (Å²) in [4.78, 5) is 47.6. The quantitative estimate of drug-likeness (QED) is 0.140. The van der Waals surface area contributed by atoms with Crippen molar-refractivity contribution < 1.29 is 56.2 Å². The minimum atomic E-state index is -4.90. The van der Waals surface area contributed by atoms with Gasteiger partial charge in [0, 0.05) is 12.7 Å². The fourth-order valence-corrected chi connectivity index (χ4v) is 2.55. The lowest BCUT2D eigenvalue weighted by molar-refractivity contribution is -0.173. The topological polar surface area (TPSA) is 205 Å². The molecule has 1 aromatic heterocycles. The Morgan fingerprint density at radius 1 is 1.28 bits per heavy atom. The van der Waals surface area contributed by atoms with Crippen molar-refractivity contribution in [3.05, 3.63) is 22.7 Å². The van der Waals surface area contributed by atoms with E-state index < -0.39 is 31.8 Å². The summed E-state index contributed by atoms with van der Waals surface area (Å²) in [6.07, 6.45) is -0.190. The van der Waals surface area contributed by atoms with Crippen molar-refractivity contribution in [2.24, 2.45) is 0 Å². The number of nitrogens with one attached hydrogen (secondary N) is 1. The number of nitrogen functional groups attached to an aromatic ring is 1. The molecule has 0 aromatic carbocycles. The highest BCUT2D eigenvalue weighted by atomic mass is 31.2. The maximum atomic E-state index is 11.9. The van der Waals surface area contributed by atoms with E-state index >= 15 is 0 Å². The van der Waals surface area contributed by atoms with E-state index in [9.17, 15) is 22.8 Å². The van der Waals surface area contributed by atoms with Crippen LogP contribution < -0.4 is 16.7 Å². The zero-order valence-electron chi connectivity index (χ0n) is 18.7. The van der Waals surface area contributed by atoms with Crippen LogP contribution in [0, 0.1) is 12.0 Å². The van der Waals surface area contributed by atoms with Crippen molar-refractivity contribution in [3.63, 3.8) is 0 Å². The Morgan fingerprint density at radius 3 is 2.58 bits per heavy atom. The first kappa shape index (κ1) is 31.3. The van der Waals surface area contributed by atoms with Crippen LogP contribution in [0.4, 0.5) is 19.0 Å². The van der Waals surface area contributed by atoms with Crippen LogP contribution in [0.2, 0.25) is 0 Å². The molecule has 1 aromatic rings. The molecule has 1 aliphatic rings. The van der Waals surface area contributed by atoms with E-state index in [2.05, 4.69) is 17.0 Å². The molecule has 36 heavy (non-hydrogen) atoms. The highest BCUT2D eigenvalue weighted by Crippen LogP contribution is 2.27. The number of nitrogens with zero attached hydrogens (tertiary/aromatic N) is 2. The Hall–Kier alpha value is -2.71. The number of nitrogens with two attached hydrogens (primary N) is 1. The molecule has 0 radical (unpaired) electrons. The van der Waals surface area contributed by atoms with Gasteiger partial charge < -0.3 is 44.7 Å². The van der Waals surface area contributed by atoms with Gasteiger partial charge in [-0.3, -0.25) is 9.36 Å². The molecule has 14 nitrogen and oxygen atoms in total. The minimum Gasteiger partial charge on any atom is -0.444 e. The molecule has 1 amide bonds. The minimum absolute atomic E-state index is 0.0685. The molecular formula is C18H26F3N4O10P. The highest BCUT2D eigenvalue weighted by Gasteiger charge is 2.38. The van der Waals surface area contributed by atoms with Crippen molar-refractivity contribution in [1.82, 2.24) is 14.9 Å². The van der Waals surface area contributed by atoms with Gasteiger partial charge in [-0.05, 0) is 24.8 Å². The molecule has 6 N–H and O–H groups in total. The molecule has 0 unspecified atom stereocenters. The molecule has 2 atom stereocenters. The van der Waals surface area contributed by atoms with Crippen LogP contribution in [0.3, 0.4) is 0 Å². The molecule has 1 aliphatic heterocycles. The number of alkyl halides is 3. The number of phosphoric acid groups is 1. The van der Waals surface area contributed by atoms with Crippen LogP contribution in [0.1, 0.15) is 19.1 Å². The number of ether oxygens (including phenoxy) is 4. The Kier molecular flexibility index (Phi) is 13.4. The fraction of sp³-hybridized carbons (Fsp3) is 0.611. The lowest BCUT2D eigenvalue weighted by Crippen LogP contribution is -2.38. The number of anilines is 1. The van der Waals surface area contributed by atoms with Gasteiger partial charge in [0.25, 0.3) is 0 Å². The summed E-state index contributed by atoms with van der Waals surface area (Å²) in [5.74, 6) is 0.783. The van der Waals surface area contributed by atoms with E-state index in [1.54, 1.807) is 5.32 Å². The monoisotopic (exact) mass is 546 g/mol.